The van der Waals surface area contributed by atoms with Crippen molar-refractivity contribution < 1.29 is 74.1 Å². The smallest absolute Gasteiger partial charge is 0.239 e. The van der Waals surface area contributed by atoms with Gasteiger partial charge in [-0.05, 0) is 25.1 Å². The Morgan fingerprint density at radius 1 is 0.841 bits per heavy atom. The number of rotatable bonds is 7. The van der Waals surface area contributed by atoms with Gasteiger partial charge in [-0.1, -0.05) is 0 Å². The Kier molecular flexibility index (Phi) is 8.90. The SMILES string of the molecule is COc1cc(-c2oc3cc(O)cc(O)c3c(=O)c2OC2O[C@H](C)[C@@H](OC3O[C@H](CO)[C@@H](O)[C@H](O)[C@H]3O)[C@H](O)[C@@H]2O)ccc1O. The zero-order chi connectivity index (χ0) is 32.0. The van der Waals surface area contributed by atoms with Crippen LogP contribution < -0.4 is 14.9 Å². The normalized spacial score (nSPS) is 32.5. The summed E-state index contributed by atoms with van der Waals surface area (Å²) in [6.07, 6.45) is -16.1. The van der Waals surface area contributed by atoms with Crippen LogP contribution in [-0.4, -0.2) is 121 Å². The molecule has 0 bridgehead atoms. The summed E-state index contributed by atoms with van der Waals surface area (Å²) in [4.78, 5) is 13.7. The van der Waals surface area contributed by atoms with Crippen molar-refractivity contribution in [2.45, 2.75) is 68.3 Å². The van der Waals surface area contributed by atoms with Gasteiger partial charge in [-0.15, -0.1) is 0 Å². The molecule has 0 amide bonds. The van der Waals surface area contributed by atoms with Crippen molar-refractivity contribution in [1.29, 1.82) is 0 Å². The third kappa shape index (κ3) is 5.63. The molecule has 2 unspecified atom stereocenters. The van der Waals surface area contributed by atoms with Gasteiger partial charge < -0.3 is 74.1 Å². The second kappa shape index (κ2) is 12.4. The van der Waals surface area contributed by atoms with Crippen molar-refractivity contribution in [2.75, 3.05) is 13.7 Å². The van der Waals surface area contributed by atoms with Crippen molar-refractivity contribution >= 4 is 11.0 Å². The van der Waals surface area contributed by atoms with E-state index in [9.17, 15) is 50.8 Å². The number of ether oxygens (including phenoxy) is 5. The largest absolute Gasteiger partial charge is 0.508 e. The average Bonchev–Trinajstić information content (AvgIpc) is 2.98. The predicted octanol–water partition coefficient (Wildman–Crippen LogP) is -1.38. The average molecular weight is 625 g/mol. The quantitative estimate of drug-likeness (QED) is 0.147. The van der Waals surface area contributed by atoms with Crippen LogP contribution >= 0.6 is 0 Å². The van der Waals surface area contributed by atoms with Crippen LogP contribution in [0.1, 0.15) is 6.92 Å². The van der Waals surface area contributed by atoms with Crippen LogP contribution in [0.4, 0.5) is 0 Å². The Balaban J connectivity index is 1.48. The number of hydrogen-bond acceptors (Lipinski definition) is 16. The molecule has 5 rings (SSSR count). The molecule has 2 saturated heterocycles. The minimum absolute atomic E-state index is 0.00105. The summed E-state index contributed by atoms with van der Waals surface area (Å²) in [6.45, 7) is 0.685. The van der Waals surface area contributed by atoms with Gasteiger partial charge in [0.1, 0.15) is 65.2 Å². The maximum Gasteiger partial charge on any atom is 0.239 e. The zero-order valence-corrected chi connectivity index (χ0v) is 23.3. The van der Waals surface area contributed by atoms with Crippen molar-refractivity contribution in [3.8, 4) is 40.1 Å². The number of aromatic hydroxyl groups is 3. The van der Waals surface area contributed by atoms with Crippen LogP contribution in [0.2, 0.25) is 0 Å². The van der Waals surface area contributed by atoms with E-state index >= 15 is 0 Å². The molecule has 2 aliphatic heterocycles. The van der Waals surface area contributed by atoms with Crippen LogP contribution in [0.3, 0.4) is 0 Å². The highest BCUT2D eigenvalue weighted by Crippen LogP contribution is 2.40. The zero-order valence-electron chi connectivity index (χ0n) is 23.3. The molecule has 16 nitrogen and oxygen atoms in total. The number of phenolic OH excluding ortho intramolecular Hbond substituents is 3. The van der Waals surface area contributed by atoms with Crippen LogP contribution in [-0.2, 0) is 14.2 Å². The maximum absolute atomic E-state index is 13.7. The highest BCUT2D eigenvalue weighted by atomic mass is 16.7. The van der Waals surface area contributed by atoms with E-state index in [1.54, 1.807) is 0 Å². The fraction of sp³-hybridized carbons (Fsp3) is 0.464. The molecule has 1 aromatic heterocycles. The first-order chi connectivity index (χ1) is 20.9. The molecule has 2 aromatic carbocycles. The molecule has 0 radical (unpaired) electrons. The molecule has 2 fully saturated rings. The van der Waals surface area contributed by atoms with E-state index in [0.29, 0.717) is 0 Å². The van der Waals surface area contributed by atoms with Gasteiger partial charge >= 0.3 is 0 Å². The molecule has 0 spiro atoms. The highest BCUT2D eigenvalue weighted by Gasteiger charge is 2.50. The van der Waals surface area contributed by atoms with Crippen LogP contribution in [0.5, 0.6) is 28.7 Å². The maximum atomic E-state index is 13.7. The van der Waals surface area contributed by atoms with Gasteiger partial charge in [0.25, 0.3) is 0 Å². The molecule has 3 aromatic rings. The molecule has 9 N–H and O–H groups in total. The first-order valence-corrected chi connectivity index (χ1v) is 13.4. The van der Waals surface area contributed by atoms with Crippen LogP contribution in [0.25, 0.3) is 22.3 Å². The van der Waals surface area contributed by atoms with Crippen molar-refractivity contribution in [1.82, 2.24) is 0 Å². The third-order valence-electron chi connectivity index (χ3n) is 7.51. The van der Waals surface area contributed by atoms with Gasteiger partial charge in [-0.25, -0.2) is 0 Å². The van der Waals surface area contributed by atoms with E-state index in [4.69, 9.17) is 28.1 Å². The molecular weight excluding hydrogens is 592 g/mol. The molecule has 10 atom stereocenters. The van der Waals surface area contributed by atoms with Gasteiger partial charge in [0.15, 0.2) is 23.5 Å². The van der Waals surface area contributed by atoms with E-state index in [1.807, 2.05) is 0 Å². The number of aliphatic hydroxyl groups is 6. The minimum Gasteiger partial charge on any atom is -0.508 e. The van der Waals surface area contributed by atoms with Crippen molar-refractivity contribution in [3.05, 3.63) is 40.6 Å². The molecular formula is C28H32O16. The summed E-state index contributed by atoms with van der Waals surface area (Å²) >= 11 is 0. The second-order valence-corrected chi connectivity index (χ2v) is 10.4. The lowest BCUT2D eigenvalue weighted by Crippen LogP contribution is -2.64. The summed E-state index contributed by atoms with van der Waals surface area (Å²) in [5.74, 6) is -2.13. The summed E-state index contributed by atoms with van der Waals surface area (Å²) in [5.41, 5.74) is -1.03. The first kappa shape index (κ1) is 31.7. The van der Waals surface area contributed by atoms with E-state index in [0.717, 1.165) is 12.1 Å². The van der Waals surface area contributed by atoms with Crippen molar-refractivity contribution in [2.24, 2.45) is 0 Å². The molecule has 240 valence electrons. The van der Waals surface area contributed by atoms with E-state index in [1.165, 1.54) is 32.2 Å². The molecule has 0 aliphatic carbocycles. The summed E-state index contributed by atoms with van der Waals surface area (Å²) in [7, 11) is 1.29. The standard InChI is InChI=1S/C28H32O16/c1-9-24(43-28-22(37)20(35)18(33)16(8-29)42-28)21(36)23(38)27(40-9)44-26-19(34)17-13(32)6-11(30)7-15(17)41-25(26)10-3-4-12(31)14(5-10)39-2/h3-7,9,16,18,20-24,27-33,35-38H,8H2,1-2H3/t9-,16-,18-,20+,21-,22-,23+,24-,27?,28?/m1/s1. The number of benzene rings is 2. The molecule has 2 aliphatic rings. The van der Waals surface area contributed by atoms with Gasteiger partial charge in [0, 0.05) is 17.7 Å². The van der Waals surface area contributed by atoms with Crippen LogP contribution in [0, 0.1) is 0 Å². The summed E-state index contributed by atoms with van der Waals surface area (Å²) in [6, 6.07) is 5.92. The molecule has 0 saturated carbocycles. The third-order valence-corrected chi connectivity index (χ3v) is 7.51. The van der Waals surface area contributed by atoms with Gasteiger partial charge in [0.05, 0.1) is 19.8 Å². The van der Waals surface area contributed by atoms with E-state index in [-0.39, 0.29) is 33.8 Å². The highest BCUT2D eigenvalue weighted by molar-refractivity contribution is 5.88. The Bertz CT molecular complexity index is 1550. The van der Waals surface area contributed by atoms with E-state index < -0.39 is 90.7 Å². The fourth-order valence-corrected chi connectivity index (χ4v) is 5.13. The predicted molar refractivity (Wildman–Crippen MR) is 145 cm³/mol. The van der Waals surface area contributed by atoms with E-state index in [2.05, 4.69) is 0 Å². The summed E-state index contributed by atoms with van der Waals surface area (Å²) in [5, 5.41) is 91.8. The molecule has 16 heteroatoms. The Morgan fingerprint density at radius 2 is 1.55 bits per heavy atom. The monoisotopic (exact) mass is 624 g/mol. The Labute approximate surface area is 248 Å². The lowest BCUT2D eigenvalue weighted by atomic mass is 9.97. The van der Waals surface area contributed by atoms with Gasteiger partial charge in [0.2, 0.25) is 17.5 Å². The lowest BCUT2D eigenvalue weighted by Gasteiger charge is -2.45. The number of phenols is 3. The topological polar surface area (TPSA) is 258 Å². The van der Waals surface area contributed by atoms with Gasteiger partial charge in [-0.3, -0.25) is 4.79 Å². The van der Waals surface area contributed by atoms with Gasteiger partial charge in [-0.2, -0.15) is 0 Å². The minimum atomic E-state index is -1.91. The number of methoxy groups -OCH3 is 1. The van der Waals surface area contributed by atoms with Crippen LogP contribution in [0.15, 0.2) is 39.5 Å². The number of hydrogen-bond donors (Lipinski definition) is 9. The Morgan fingerprint density at radius 3 is 2.23 bits per heavy atom. The summed E-state index contributed by atoms with van der Waals surface area (Å²) < 4.78 is 33.4. The first-order valence-electron chi connectivity index (χ1n) is 13.4. The number of aliphatic hydroxyl groups excluding tert-OH is 6. The number of fused-ring (bicyclic) bond motifs is 1. The Hall–Kier alpha value is -3.71. The molecule has 44 heavy (non-hydrogen) atoms. The molecule has 3 heterocycles. The van der Waals surface area contributed by atoms with Crippen molar-refractivity contribution in [3.63, 3.8) is 0 Å². The second-order valence-electron chi connectivity index (χ2n) is 10.4. The fourth-order valence-electron chi connectivity index (χ4n) is 5.13. The lowest BCUT2D eigenvalue weighted by molar-refractivity contribution is -0.348.